The Hall–Kier alpha value is -2.52. The lowest BCUT2D eigenvalue weighted by Gasteiger charge is -2.22. The third-order valence-electron chi connectivity index (χ3n) is 4.70. The minimum atomic E-state index is -0.419. The number of hydrogen-bond donors (Lipinski definition) is 2. The fourth-order valence-corrected chi connectivity index (χ4v) is 3.08. The van der Waals surface area contributed by atoms with Gasteiger partial charge in [0.1, 0.15) is 0 Å². The average Bonchev–Trinajstić information content (AvgIpc) is 3.13. The normalized spacial score (nSPS) is 15.6. The van der Waals surface area contributed by atoms with Gasteiger partial charge in [0, 0.05) is 11.6 Å². The molecule has 3 rings (SSSR count). The molecular formula is C17H23ClN6O3. The molecule has 1 aromatic carbocycles. The SMILES string of the molecule is Cc1ccc(C(C)NC(=O)c2cn(C3CCNCC3)nn2)cc1[N+](=O)[O-].Cl. The Balaban J connectivity index is 0.00000261. The smallest absolute Gasteiger partial charge is 0.273 e. The van der Waals surface area contributed by atoms with Gasteiger partial charge < -0.3 is 10.6 Å². The van der Waals surface area contributed by atoms with Crippen LogP contribution in [0.5, 0.6) is 0 Å². The van der Waals surface area contributed by atoms with Gasteiger partial charge in [-0.05, 0) is 45.3 Å². The quantitative estimate of drug-likeness (QED) is 0.594. The second-order valence-corrected chi connectivity index (χ2v) is 6.56. The number of rotatable bonds is 5. The highest BCUT2D eigenvalue weighted by molar-refractivity contribution is 5.92. The van der Waals surface area contributed by atoms with Crippen LogP contribution < -0.4 is 10.6 Å². The number of benzene rings is 1. The predicted octanol–water partition coefficient (Wildman–Crippen LogP) is 2.33. The monoisotopic (exact) mass is 394 g/mol. The highest BCUT2D eigenvalue weighted by Crippen LogP contribution is 2.23. The number of aromatic nitrogens is 3. The zero-order valence-corrected chi connectivity index (χ0v) is 16.0. The summed E-state index contributed by atoms with van der Waals surface area (Å²) >= 11 is 0. The second kappa shape index (κ2) is 8.92. The number of hydrogen-bond acceptors (Lipinski definition) is 6. The van der Waals surface area contributed by atoms with Gasteiger partial charge >= 0.3 is 0 Å². The van der Waals surface area contributed by atoms with E-state index in [9.17, 15) is 14.9 Å². The fraction of sp³-hybridized carbons (Fsp3) is 0.471. The maximum Gasteiger partial charge on any atom is 0.273 e. The Labute approximate surface area is 163 Å². The molecule has 1 aromatic heterocycles. The molecule has 1 aliphatic rings. The number of nitrogens with one attached hydrogen (secondary N) is 2. The van der Waals surface area contributed by atoms with Gasteiger partial charge in [0.25, 0.3) is 11.6 Å². The van der Waals surface area contributed by atoms with Crippen molar-refractivity contribution in [2.75, 3.05) is 13.1 Å². The van der Waals surface area contributed by atoms with E-state index in [2.05, 4.69) is 20.9 Å². The van der Waals surface area contributed by atoms with Crippen molar-refractivity contribution in [2.45, 2.75) is 38.8 Å². The van der Waals surface area contributed by atoms with E-state index in [1.54, 1.807) is 36.9 Å². The number of halogens is 1. The highest BCUT2D eigenvalue weighted by atomic mass is 35.5. The summed E-state index contributed by atoms with van der Waals surface area (Å²) in [5.41, 5.74) is 1.54. The topological polar surface area (TPSA) is 115 Å². The van der Waals surface area contributed by atoms with Crippen LogP contribution in [0.25, 0.3) is 0 Å². The van der Waals surface area contributed by atoms with Gasteiger partial charge in [-0.3, -0.25) is 14.9 Å². The average molecular weight is 395 g/mol. The molecule has 10 heteroatoms. The Kier molecular flexibility index (Phi) is 6.86. The molecule has 0 radical (unpaired) electrons. The van der Waals surface area contributed by atoms with Crippen LogP contribution in [0.15, 0.2) is 24.4 Å². The summed E-state index contributed by atoms with van der Waals surface area (Å²) in [5, 5.41) is 25.2. The Bertz CT molecular complexity index is 819. The molecule has 1 saturated heterocycles. The van der Waals surface area contributed by atoms with Gasteiger partial charge in [0.15, 0.2) is 5.69 Å². The van der Waals surface area contributed by atoms with Gasteiger partial charge in [0.05, 0.1) is 23.2 Å². The predicted molar refractivity (Wildman–Crippen MR) is 102 cm³/mol. The molecule has 0 saturated carbocycles. The summed E-state index contributed by atoms with van der Waals surface area (Å²) in [7, 11) is 0. The van der Waals surface area contributed by atoms with Crippen LogP contribution in [0.4, 0.5) is 5.69 Å². The highest BCUT2D eigenvalue weighted by Gasteiger charge is 2.21. The van der Waals surface area contributed by atoms with Gasteiger partial charge in [0.2, 0.25) is 0 Å². The summed E-state index contributed by atoms with van der Waals surface area (Å²) in [4.78, 5) is 23.1. The number of nitro benzene ring substituents is 1. The standard InChI is InChI=1S/C17H22N6O3.ClH/c1-11-3-4-13(9-16(11)23(25)26)12(2)19-17(24)15-10-22(21-20-15)14-5-7-18-8-6-14;/h3-4,9-10,12,14,18H,5-8H2,1-2H3,(H,19,24);1H. The lowest BCUT2D eigenvalue weighted by molar-refractivity contribution is -0.385. The van der Waals surface area contributed by atoms with Gasteiger partial charge in [-0.2, -0.15) is 0 Å². The van der Waals surface area contributed by atoms with E-state index in [-0.39, 0.29) is 41.8 Å². The van der Waals surface area contributed by atoms with E-state index in [0.29, 0.717) is 11.1 Å². The number of nitro groups is 1. The van der Waals surface area contributed by atoms with E-state index in [1.165, 1.54) is 6.07 Å². The fourth-order valence-electron chi connectivity index (χ4n) is 3.08. The molecule has 9 nitrogen and oxygen atoms in total. The van der Waals surface area contributed by atoms with Crippen LogP contribution in [-0.2, 0) is 0 Å². The van der Waals surface area contributed by atoms with Crippen LogP contribution in [0, 0.1) is 17.0 Å². The lowest BCUT2D eigenvalue weighted by atomic mass is 10.0. The molecule has 2 aromatic rings. The molecule has 146 valence electrons. The van der Waals surface area contributed by atoms with Crippen molar-refractivity contribution in [3.63, 3.8) is 0 Å². The van der Waals surface area contributed by atoms with Crippen molar-refractivity contribution < 1.29 is 9.72 Å². The minimum Gasteiger partial charge on any atom is -0.344 e. The number of carbonyl (C=O) groups is 1. The summed E-state index contributed by atoms with van der Waals surface area (Å²) < 4.78 is 1.75. The first-order chi connectivity index (χ1) is 12.5. The van der Waals surface area contributed by atoms with Crippen molar-refractivity contribution in [2.24, 2.45) is 0 Å². The van der Waals surface area contributed by atoms with Gasteiger partial charge in [-0.15, -0.1) is 17.5 Å². The van der Waals surface area contributed by atoms with E-state index in [4.69, 9.17) is 0 Å². The van der Waals surface area contributed by atoms with Crippen LogP contribution in [-0.4, -0.2) is 38.9 Å². The van der Waals surface area contributed by atoms with E-state index < -0.39 is 4.92 Å². The van der Waals surface area contributed by atoms with Crippen molar-refractivity contribution in [1.82, 2.24) is 25.6 Å². The lowest BCUT2D eigenvalue weighted by Crippen LogP contribution is -2.29. The number of nitrogens with zero attached hydrogens (tertiary/aromatic N) is 4. The Morgan fingerprint density at radius 1 is 1.41 bits per heavy atom. The molecular weight excluding hydrogens is 372 g/mol. The van der Waals surface area contributed by atoms with E-state index >= 15 is 0 Å². The van der Waals surface area contributed by atoms with Gasteiger partial charge in [-0.25, -0.2) is 4.68 Å². The molecule has 0 spiro atoms. The first kappa shape index (κ1) is 20.8. The minimum absolute atomic E-state index is 0. The maximum absolute atomic E-state index is 12.4. The molecule has 1 amide bonds. The first-order valence-electron chi connectivity index (χ1n) is 8.64. The summed E-state index contributed by atoms with van der Waals surface area (Å²) in [6.45, 7) is 5.32. The van der Waals surface area contributed by atoms with Crippen LogP contribution in [0.2, 0.25) is 0 Å². The second-order valence-electron chi connectivity index (χ2n) is 6.56. The molecule has 27 heavy (non-hydrogen) atoms. The Morgan fingerprint density at radius 3 is 2.78 bits per heavy atom. The van der Waals surface area contributed by atoms with Crippen LogP contribution in [0.1, 0.15) is 53.5 Å². The molecule has 1 fully saturated rings. The summed E-state index contributed by atoms with van der Waals surface area (Å²) in [5.74, 6) is -0.346. The molecule has 1 atom stereocenters. The maximum atomic E-state index is 12.4. The molecule has 0 bridgehead atoms. The molecule has 2 heterocycles. The molecule has 1 aliphatic heterocycles. The molecule has 1 unspecified atom stereocenters. The number of amides is 1. The third-order valence-corrected chi connectivity index (χ3v) is 4.70. The van der Waals surface area contributed by atoms with Crippen LogP contribution in [0.3, 0.4) is 0 Å². The zero-order valence-electron chi connectivity index (χ0n) is 15.2. The largest absolute Gasteiger partial charge is 0.344 e. The van der Waals surface area contributed by atoms with Crippen molar-refractivity contribution in [3.8, 4) is 0 Å². The van der Waals surface area contributed by atoms with Crippen molar-refractivity contribution in [3.05, 3.63) is 51.3 Å². The van der Waals surface area contributed by atoms with E-state index in [0.717, 1.165) is 25.9 Å². The molecule has 0 aliphatic carbocycles. The zero-order chi connectivity index (χ0) is 18.7. The first-order valence-corrected chi connectivity index (χ1v) is 8.64. The van der Waals surface area contributed by atoms with Crippen LogP contribution >= 0.6 is 12.4 Å². The van der Waals surface area contributed by atoms with E-state index in [1.807, 2.05) is 0 Å². The summed E-state index contributed by atoms with van der Waals surface area (Å²) in [6.07, 6.45) is 3.57. The Morgan fingerprint density at radius 2 is 2.11 bits per heavy atom. The van der Waals surface area contributed by atoms with Crippen molar-refractivity contribution >= 4 is 24.0 Å². The third kappa shape index (κ3) is 4.81. The van der Waals surface area contributed by atoms with Gasteiger partial charge in [-0.1, -0.05) is 17.3 Å². The number of piperidine rings is 1. The molecule has 2 N–H and O–H groups in total. The van der Waals surface area contributed by atoms with Crippen molar-refractivity contribution in [1.29, 1.82) is 0 Å². The summed E-state index contributed by atoms with van der Waals surface area (Å²) in [6, 6.07) is 4.82. The number of aryl methyl sites for hydroxylation is 1. The number of carbonyl (C=O) groups excluding carboxylic acids is 1.